The number of aryl methyl sites for hydroxylation is 2. The molecule has 3 N–H and O–H groups in total. The average molecular weight is 552 g/mol. The van der Waals surface area contributed by atoms with Gasteiger partial charge in [0.1, 0.15) is 11.6 Å². The molecular weight excluding hydrogens is 527 g/mol. The van der Waals surface area contributed by atoms with Crippen molar-refractivity contribution < 1.29 is 35.9 Å². The molecule has 10 nitrogen and oxygen atoms in total. The molecule has 38 heavy (non-hydrogen) atoms. The van der Waals surface area contributed by atoms with E-state index in [0.717, 1.165) is 24.3 Å². The summed E-state index contributed by atoms with van der Waals surface area (Å²) in [5, 5.41) is 3.71. The smallest absolute Gasteiger partial charge is 0.441 e. The highest BCUT2D eigenvalue weighted by Crippen LogP contribution is 2.34. The molecule has 0 saturated heterocycles. The number of aromatic nitrogens is 2. The number of hydrogen-bond donors (Lipinski definition) is 3. The lowest BCUT2D eigenvalue weighted by atomic mass is 10.1. The molecule has 1 heterocycles. The van der Waals surface area contributed by atoms with Gasteiger partial charge in [0, 0.05) is 23.0 Å². The Morgan fingerprint density at radius 3 is 2.16 bits per heavy atom. The summed E-state index contributed by atoms with van der Waals surface area (Å²) < 4.78 is 75.6. The summed E-state index contributed by atoms with van der Waals surface area (Å²) in [5.41, 5.74) is -3.61. The number of carbonyl (C=O) groups is 2. The minimum absolute atomic E-state index is 0.0132. The van der Waals surface area contributed by atoms with Gasteiger partial charge in [0.2, 0.25) is 0 Å². The Bertz CT molecular complexity index is 1400. The van der Waals surface area contributed by atoms with E-state index >= 15 is 0 Å². The van der Waals surface area contributed by atoms with Gasteiger partial charge in [0.05, 0.1) is 11.5 Å². The SMILES string of the molecule is CCOC(=O)[C@](NC(=O)c1ccccc1)(Nc1ccc(S(=O)(=O)Nc2cc(C)nc(C)n2)cc1)C(F)(F)F. The van der Waals surface area contributed by atoms with Crippen molar-refractivity contribution in [1.29, 1.82) is 0 Å². The van der Waals surface area contributed by atoms with Crippen LogP contribution in [-0.4, -0.2) is 48.7 Å². The summed E-state index contributed by atoms with van der Waals surface area (Å²) in [5.74, 6) is -2.64. The fourth-order valence-corrected chi connectivity index (χ4v) is 4.35. The first-order chi connectivity index (χ1) is 17.8. The van der Waals surface area contributed by atoms with Crippen LogP contribution in [-0.2, 0) is 19.6 Å². The molecule has 0 spiro atoms. The molecule has 0 radical (unpaired) electrons. The standard InChI is InChI=1S/C24H24F3N5O5S/c1-4-37-22(34)23(24(25,26)27,31-21(33)17-8-6-5-7-9-17)30-18-10-12-19(13-11-18)38(35,36)32-20-14-15(2)28-16(3)29-20/h5-14,30H,4H2,1-3H3,(H,31,33)(H,28,29,32)/t23-/m1/s1. The van der Waals surface area contributed by atoms with E-state index < -0.39 is 40.3 Å². The van der Waals surface area contributed by atoms with Crippen molar-refractivity contribution in [2.75, 3.05) is 16.6 Å². The first-order valence-electron chi connectivity index (χ1n) is 11.1. The predicted octanol–water partition coefficient (Wildman–Crippen LogP) is 3.56. The van der Waals surface area contributed by atoms with Crippen molar-refractivity contribution in [1.82, 2.24) is 15.3 Å². The van der Waals surface area contributed by atoms with Gasteiger partial charge in [-0.05, 0) is 57.2 Å². The maximum atomic E-state index is 14.4. The summed E-state index contributed by atoms with van der Waals surface area (Å²) in [4.78, 5) is 33.0. The Hall–Kier alpha value is -4.20. The van der Waals surface area contributed by atoms with Crippen LogP contribution in [0.2, 0.25) is 0 Å². The minimum atomic E-state index is -5.36. The van der Waals surface area contributed by atoms with Gasteiger partial charge in [-0.15, -0.1) is 0 Å². The number of anilines is 2. The van der Waals surface area contributed by atoms with Crippen molar-refractivity contribution in [3.05, 3.63) is 77.7 Å². The van der Waals surface area contributed by atoms with Gasteiger partial charge in [0.15, 0.2) is 0 Å². The Morgan fingerprint density at radius 1 is 0.974 bits per heavy atom. The molecule has 0 aliphatic carbocycles. The summed E-state index contributed by atoms with van der Waals surface area (Å²) in [7, 11) is -4.17. The molecule has 0 unspecified atom stereocenters. The van der Waals surface area contributed by atoms with E-state index in [0.29, 0.717) is 11.5 Å². The Morgan fingerprint density at radius 2 is 1.61 bits per heavy atom. The van der Waals surface area contributed by atoms with E-state index in [2.05, 4.69) is 19.4 Å². The number of carbonyl (C=O) groups excluding carboxylic acids is 2. The van der Waals surface area contributed by atoms with Crippen molar-refractivity contribution in [2.24, 2.45) is 0 Å². The number of benzene rings is 2. The zero-order valence-electron chi connectivity index (χ0n) is 20.5. The number of nitrogens with zero attached hydrogens (tertiary/aromatic N) is 2. The van der Waals surface area contributed by atoms with Crippen molar-refractivity contribution >= 4 is 33.4 Å². The van der Waals surface area contributed by atoms with Crippen LogP contribution in [0.5, 0.6) is 0 Å². The molecule has 202 valence electrons. The topological polar surface area (TPSA) is 139 Å². The molecule has 3 aromatic rings. The molecule has 0 aliphatic rings. The second-order valence-electron chi connectivity index (χ2n) is 7.99. The van der Waals surface area contributed by atoms with Gasteiger partial charge < -0.3 is 15.4 Å². The second kappa shape index (κ2) is 11.0. The molecule has 0 saturated carbocycles. The number of esters is 1. The largest absolute Gasteiger partial charge is 0.463 e. The zero-order chi connectivity index (χ0) is 28.1. The Kier molecular flexibility index (Phi) is 8.25. The highest BCUT2D eigenvalue weighted by molar-refractivity contribution is 7.92. The predicted molar refractivity (Wildman–Crippen MR) is 132 cm³/mol. The number of halogens is 3. The first kappa shape index (κ1) is 28.4. The van der Waals surface area contributed by atoms with E-state index in [1.807, 2.05) is 5.32 Å². The third-order valence-electron chi connectivity index (χ3n) is 5.05. The van der Waals surface area contributed by atoms with Crippen LogP contribution in [0.1, 0.15) is 28.8 Å². The van der Waals surface area contributed by atoms with Gasteiger partial charge >= 0.3 is 17.8 Å². The summed E-state index contributed by atoms with van der Waals surface area (Å²) in [6.07, 6.45) is -5.36. The van der Waals surface area contributed by atoms with Crippen LogP contribution in [0.25, 0.3) is 0 Å². The van der Waals surface area contributed by atoms with E-state index in [1.54, 1.807) is 25.2 Å². The maximum absolute atomic E-state index is 14.4. The number of ether oxygens (including phenoxy) is 1. The van der Waals surface area contributed by atoms with Crippen LogP contribution >= 0.6 is 0 Å². The number of rotatable bonds is 9. The molecule has 0 fully saturated rings. The van der Waals surface area contributed by atoms with Crippen molar-refractivity contribution in [3.63, 3.8) is 0 Å². The number of hydrogen-bond acceptors (Lipinski definition) is 8. The molecule has 14 heteroatoms. The summed E-state index contributed by atoms with van der Waals surface area (Å²) in [6, 6.07) is 12.5. The fraction of sp³-hybridized carbons (Fsp3) is 0.250. The normalized spacial score (nSPS) is 13.2. The molecule has 0 bridgehead atoms. The third kappa shape index (κ3) is 6.37. The fourth-order valence-electron chi connectivity index (χ4n) is 3.36. The van der Waals surface area contributed by atoms with Crippen LogP contribution in [0.4, 0.5) is 24.7 Å². The van der Waals surface area contributed by atoms with Crippen molar-refractivity contribution in [2.45, 2.75) is 37.5 Å². The van der Waals surface area contributed by atoms with Crippen LogP contribution < -0.4 is 15.4 Å². The maximum Gasteiger partial charge on any atom is 0.441 e. The molecule has 3 rings (SSSR count). The average Bonchev–Trinajstić information content (AvgIpc) is 2.83. The number of sulfonamides is 1. The lowest BCUT2D eigenvalue weighted by Crippen LogP contribution is -2.69. The zero-order valence-corrected chi connectivity index (χ0v) is 21.3. The summed E-state index contributed by atoms with van der Waals surface area (Å²) >= 11 is 0. The molecule has 1 atom stereocenters. The minimum Gasteiger partial charge on any atom is -0.463 e. The Labute approximate surface area is 216 Å². The van der Waals surface area contributed by atoms with Crippen molar-refractivity contribution in [3.8, 4) is 0 Å². The molecular formula is C24H24F3N5O5S. The van der Waals surface area contributed by atoms with E-state index in [9.17, 15) is 31.2 Å². The second-order valence-corrected chi connectivity index (χ2v) is 9.67. The molecule has 1 amide bonds. The van der Waals surface area contributed by atoms with Crippen LogP contribution in [0.3, 0.4) is 0 Å². The quantitative estimate of drug-likeness (QED) is 0.271. The number of alkyl halides is 3. The van der Waals surface area contributed by atoms with Gasteiger partial charge in [0.25, 0.3) is 15.9 Å². The third-order valence-corrected chi connectivity index (χ3v) is 6.42. The van der Waals surface area contributed by atoms with Gasteiger partial charge in [-0.3, -0.25) is 9.52 Å². The number of nitrogens with one attached hydrogen (secondary N) is 3. The van der Waals surface area contributed by atoms with E-state index in [-0.39, 0.29) is 22.0 Å². The van der Waals surface area contributed by atoms with E-state index in [4.69, 9.17) is 0 Å². The highest BCUT2D eigenvalue weighted by atomic mass is 32.2. The molecule has 0 aliphatic heterocycles. The highest BCUT2D eigenvalue weighted by Gasteiger charge is 2.63. The molecule has 2 aromatic carbocycles. The number of amides is 1. The lowest BCUT2D eigenvalue weighted by Gasteiger charge is -2.35. The van der Waals surface area contributed by atoms with Gasteiger partial charge in [-0.2, -0.15) is 13.2 Å². The first-order valence-corrected chi connectivity index (χ1v) is 12.6. The van der Waals surface area contributed by atoms with Crippen LogP contribution in [0, 0.1) is 13.8 Å². The Balaban J connectivity index is 1.94. The monoisotopic (exact) mass is 551 g/mol. The van der Waals surface area contributed by atoms with E-state index in [1.165, 1.54) is 37.3 Å². The summed E-state index contributed by atoms with van der Waals surface area (Å²) in [6.45, 7) is 4.15. The van der Waals surface area contributed by atoms with Gasteiger partial charge in [-0.25, -0.2) is 23.2 Å². The lowest BCUT2D eigenvalue weighted by molar-refractivity contribution is -0.204. The van der Waals surface area contributed by atoms with Gasteiger partial charge in [-0.1, -0.05) is 18.2 Å². The van der Waals surface area contributed by atoms with Crippen LogP contribution in [0.15, 0.2) is 65.6 Å². The molecule has 1 aromatic heterocycles.